The SMILES string of the molecule is c1ccc(-c2ccc3c(c2)c2cc(-c4ccccn4)ccc2n3-c2cccc(-n3c4ccc(-c5ccccn5)cc4c4cc(-c5ccccn5)ccc43)c2)nc1. The van der Waals surface area contributed by atoms with E-state index in [1.54, 1.807) is 0 Å². The smallest absolute Gasteiger partial charge is 0.0702 e. The van der Waals surface area contributed by atoms with E-state index in [0.29, 0.717) is 0 Å². The van der Waals surface area contributed by atoms with Gasteiger partial charge in [0, 0.05) is 80.0 Å². The molecule has 0 spiro atoms. The van der Waals surface area contributed by atoms with Crippen molar-refractivity contribution in [2.24, 2.45) is 0 Å². The number of aromatic nitrogens is 6. The van der Waals surface area contributed by atoms with Gasteiger partial charge in [-0.15, -0.1) is 0 Å². The Morgan fingerprint density at radius 3 is 0.839 bits per heavy atom. The van der Waals surface area contributed by atoms with Gasteiger partial charge in [0.15, 0.2) is 0 Å². The number of hydrogen-bond acceptors (Lipinski definition) is 4. The number of pyridine rings is 4. The van der Waals surface area contributed by atoms with Gasteiger partial charge in [-0.2, -0.15) is 0 Å². The van der Waals surface area contributed by atoms with Crippen molar-refractivity contribution < 1.29 is 0 Å². The second-order valence-corrected chi connectivity index (χ2v) is 14.0. The third-order valence-corrected chi connectivity index (χ3v) is 10.7. The molecule has 6 heterocycles. The molecule has 0 aliphatic heterocycles. The minimum Gasteiger partial charge on any atom is -0.309 e. The van der Waals surface area contributed by atoms with Crippen LogP contribution in [0.2, 0.25) is 0 Å². The third-order valence-electron chi connectivity index (χ3n) is 10.7. The highest BCUT2D eigenvalue weighted by Crippen LogP contribution is 2.40. The van der Waals surface area contributed by atoms with Gasteiger partial charge in [0.2, 0.25) is 0 Å². The number of hydrogen-bond donors (Lipinski definition) is 0. The molecule has 6 aromatic heterocycles. The maximum Gasteiger partial charge on any atom is 0.0702 e. The first-order chi connectivity index (χ1) is 27.8. The van der Waals surface area contributed by atoms with Crippen LogP contribution >= 0.6 is 0 Å². The van der Waals surface area contributed by atoms with Crippen molar-refractivity contribution >= 4 is 43.6 Å². The Kier molecular flexibility index (Phi) is 7.38. The van der Waals surface area contributed by atoms with Gasteiger partial charge in [-0.05, 0) is 115 Å². The van der Waals surface area contributed by atoms with Crippen LogP contribution in [0.25, 0.3) is 100 Å². The van der Waals surface area contributed by atoms with E-state index in [1.807, 2.05) is 73.3 Å². The van der Waals surface area contributed by atoms with E-state index in [9.17, 15) is 0 Å². The van der Waals surface area contributed by atoms with Crippen LogP contribution in [0.4, 0.5) is 0 Å². The predicted molar refractivity (Wildman–Crippen MR) is 228 cm³/mol. The first kappa shape index (κ1) is 31.8. The largest absolute Gasteiger partial charge is 0.309 e. The number of nitrogens with zero attached hydrogens (tertiary/aromatic N) is 6. The zero-order valence-electron chi connectivity index (χ0n) is 30.2. The monoisotopic (exact) mass is 716 g/mol. The zero-order chi connectivity index (χ0) is 37.0. The van der Waals surface area contributed by atoms with Crippen LogP contribution < -0.4 is 0 Å². The summed E-state index contributed by atoms with van der Waals surface area (Å²) in [6.45, 7) is 0. The van der Waals surface area contributed by atoms with Crippen molar-refractivity contribution in [2.45, 2.75) is 0 Å². The minimum absolute atomic E-state index is 0.946. The van der Waals surface area contributed by atoms with E-state index in [0.717, 1.165) is 100 Å². The lowest BCUT2D eigenvalue weighted by Gasteiger charge is -2.13. The van der Waals surface area contributed by atoms with Crippen molar-refractivity contribution in [2.75, 3.05) is 0 Å². The molecule has 0 aliphatic rings. The Morgan fingerprint density at radius 2 is 0.571 bits per heavy atom. The molecule has 0 aliphatic carbocycles. The van der Waals surface area contributed by atoms with Crippen molar-refractivity contribution in [1.82, 2.24) is 29.1 Å². The van der Waals surface area contributed by atoms with E-state index in [2.05, 4.69) is 150 Å². The summed E-state index contributed by atoms with van der Waals surface area (Å²) in [5, 5.41) is 4.64. The fraction of sp³-hybridized carbons (Fsp3) is 0. The maximum atomic E-state index is 4.67. The molecule has 0 amide bonds. The summed E-state index contributed by atoms with van der Waals surface area (Å²) in [5.41, 5.74) is 14.7. The summed E-state index contributed by atoms with van der Waals surface area (Å²) in [5.74, 6) is 0. The first-order valence-corrected chi connectivity index (χ1v) is 18.7. The van der Waals surface area contributed by atoms with Crippen LogP contribution in [-0.2, 0) is 0 Å². The standard InChI is InChI=1S/C50H32N6/c1-5-24-51-43(12-1)33-16-20-47-39(28-33)40-29-34(44-13-2-6-25-52-44)17-21-48(40)55(47)37-10-9-11-38(32-37)56-49-22-18-35(45-14-3-7-26-53-45)30-41(49)42-31-36(19-23-50(42)56)46-15-4-8-27-54-46/h1-32H. The normalized spacial score (nSPS) is 11.6. The van der Waals surface area contributed by atoms with E-state index >= 15 is 0 Å². The zero-order valence-corrected chi connectivity index (χ0v) is 30.2. The molecule has 262 valence electrons. The van der Waals surface area contributed by atoms with Gasteiger partial charge < -0.3 is 9.13 Å². The van der Waals surface area contributed by atoms with Crippen LogP contribution in [0.3, 0.4) is 0 Å². The second kappa shape index (κ2) is 13.0. The molecule has 5 aromatic carbocycles. The van der Waals surface area contributed by atoms with Gasteiger partial charge in [0.25, 0.3) is 0 Å². The molecular weight excluding hydrogens is 685 g/mol. The molecule has 0 atom stereocenters. The summed E-state index contributed by atoms with van der Waals surface area (Å²) < 4.78 is 4.76. The summed E-state index contributed by atoms with van der Waals surface area (Å²) in [6.07, 6.45) is 7.39. The Balaban J connectivity index is 1.13. The molecular formula is C50H32N6. The molecule has 11 aromatic rings. The average Bonchev–Trinajstić information content (AvgIpc) is 3.79. The van der Waals surface area contributed by atoms with Crippen LogP contribution in [0.5, 0.6) is 0 Å². The molecule has 0 bridgehead atoms. The van der Waals surface area contributed by atoms with Crippen molar-refractivity contribution in [1.29, 1.82) is 0 Å². The fourth-order valence-corrected chi connectivity index (χ4v) is 8.15. The van der Waals surface area contributed by atoms with E-state index in [-0.39, 0.29) is 0 Å². The molecule has 0 unspecified atom stereocenters. The number of fused-ring (bicyclic) bond motifs is 6. The fourth-order valence-electron chi connectivity index (χ4n) is 8.15. The Hall–Kier alpha value is -7.70. The van der Waals surface area contributed by atoms with Crippen LogP contribution in [0.15, 0.2) is 195 Å². The average molecular weight is 717 g/mol. The van der Waals surface area contributed by atoms with E-state index in [4.69, 9.17) is 0 Å². The highest BCUT2D eigenvalue weighted by Gasteiger charge is 2.19. The Morgan fingerprint density at radius 1 is 0.268 bits per heavy atom. The molecule has 0 fully saturated rings. The van der Waals surface area contributed by atoms with Gasteiger partial charge >= 0.3 is 0 Å². The molecule has 0 saturated carbocycles. The first-order valence-electron chi connectivity index (χ1n) is 18.7. The van der Waals surface area contributed by atoms with Crippen molar-refractivity contribution in [3.8, 4) is 56.4 Å². The molecule has 0 saturated heterocycles. The predicted octanol–water partition coefficient (Wildman–Crippen LogP) is 12.1. The van der Waals surface area contributed by atoms with Crippen LogP contribution in [0.1, 0.15) is 0 Å². The Labute approximate surface area is 322 Å². The molecule has 0 radical (unpaired) electrons. The van der Waals surface area contributed by atoms with Crippen molar-refractivity contribution in [3.05, 3.63) is 195 Å². The molecule has 56 heavy (non-hydrogen) atoms. The molecule has 6 heteroatoms. The van der Waals surface area contributed by atoms with Crippen molar-refractivity contribution in [3.63, 3.8) is 0 Å². The van der Waals surface area contributed by atoms with Gasteiger partial charge in [-0.1, -0.05) is 54.6 Å². The van der Waals surface area contributed by atoms with Gasteiger partial charge in [-0.3, -0.25) is 19.9 Å². The van der Waals surface area contributed by atoms with E-state index in [1.165, 1.54) is 0 Å². The number of rotatable bonds is 6. The second-order valence-electron chi connectivity index (χ2n) is 14.0. The number of benzene rings is 5. The minimum atomic E-state index is 0.946. The Bertz CT molecular complexity index is 2820. The lowest BCUT2D eigenvalue weighted by atomic mass is 10.0. The lowest BCUT2D eigenvalue weighted by molar-refractivity contribution is 1.13. The summed E-state index contributed by atoms with van der Waals surface area (Å²) in [6, 6.07) is 59.8. The summed E-state index contributed by atoms with van der Waals surface area (Å²) >= 11 is 0. The van der Waals surface area contributed by atoms with Gasteiger partial charge in [-0.25, -0.2) is 0 Å². The topological polar surface area (TPSA) is 61.4 Å². The quantitative estimate of drug-likeness (QED) is 0.172. The van der Waals surface area contributed by atoms with Gasteiger partial charge in [0.1, 0.15) is 0 Å². The third kappa shape index (κ3) is 5.27. The van der Waals surface area contributed by atoms with Crippen LogP contribution in [0, 0.1) is 0 Å². The summed E-state index contributed by atoms with van der Waals surface area (Å²) in [7, 11) is 0. The molecule has 0 N–H and O–H groups in total. The lowest BCUT2D eigenvalue weighted by Crippen LogP contribution is -1.98. The van der Waals surface area contributed by atoms with Crippen LogP contribution in [-0.4, -0.2) is 29.1 Å². The highest BCUT2D eigenvalue weighted by atomic mass is 15.0. The van der Waals surface area contributed by atoms with E-state index < -0.39 is 0 Å². The van der Waals surface area contributed by atoms with Gasteiger partial charge in [0.05, 0.1) is 44.8 Å². The molecule has 6 nitrogen and oxygen atoms in total. The molecule has 11 rings (SSSR count). The summed E-state index contributed by atoms with van der Waals surface area (Å²) in [4.78, 5) is 18.7. The highest BCUT2D eigenvalue weighted by molar-refractivity contribution is 6.13. The maximum absolute atomic E-state index is 4.67.